The van der Waals surface area contributed by atoms with Gasteiger partial charge in [-0.2, -0.15) is 0 Å². The van der Waals surface area contributed by atoms with Crippen LogP contribution in [0.1, 0.15) is 18.4 Å². The fraction of sp³-hybridized carbons (Fsp3) is 0.308. The Morgan fingerprint density at radius 2 is 1.93 bits per heavy atom. The van der Waals surface area contributed by atoms with E-state index < -0.39 is 0 Å². The topological polar surface area (TPSA) is 3.24 Å². The van der Waals surface area contributed by atoms with Crippen LogP contribution in [0, 0.1) is 6.54 Å². The van der Waals surface area contributed by atoms with Crippen molar-refractivity contribution in [2.45, 2.75) is 12.8 Å². The summed E-state index contributed by atoms with van der Waals surface area (Å²) >= 11 is 0. The van der Waals surface area contributed by atoms with Crippen molar-refractivity contribution in [3.8, 4) is 0 Å². The second kappa shape index (κ2) is 6.39. The molecule has 0 heterocycles. The summed E-state index contributed by atoms with van der Waals surface area (Å²) in [5, 5.41) is 0. The van der Waals surface area contributed by atoms with Gasteiger partial charge in [0.05, 0.1) is 6.54 Å². The zero-order valence-corrected chi connectivity index (χ0v) is 8.90. The molecule has 1 aromatic carbocycles. The summed E-state index contributed by atoms with van der Waals surface area (Å²) in [7, 11) is 4.00. The van der Waals surface area contributed by atoms with E-state index in [-0.39, 0.29) is 0 Å². The Kier molecular flexibility index (Phi) is 5.02. The smallest absolute Gasteiger partial charge is 0.0613 e. The molecule has 1 rings (SSSR count). The first kappa shape index (κ1) is 11.0. The van der Waals surface area contributed by atoms with E-state index >= 15 is 0 Å². The second-order valence-corrected chi connectivity index (χ2v) is 3.40. The van der Waals surface area contributed by atoms with E-state index in [1.807, 2.05) is 25.1 Å². The Morgan fingerprint density at radius 1 is 1.21 bits per heavy atom. The first-order chi connectivity index (χ1) is 6.79. The van der Waals surface area contributed by atoms with Gasteiger partial charge < -0.3 is 4.90 Å². The maximum absolute atomic E-state index is 3.21. The van der Waals surface area contributed by atoms with Crippen LogP contribution in [0.15, 0.2) is 36.4 Å². The summed E-state index contributed by atoms with van der Waals surface area (Å²) in [6.07, 6.45) is 6.37. The van der Waals surface area contributed by atoms with E-state index in [2.05, 4.69) is 43.0 Å². The van der Waals surface area contributed by atoms with Crippen LogP contribution in [0.4, 0.5) is 0 Å². The van der Waals surface area contributed by atoms with Crippen molar-refractivity contribution in [2.24, 2.45) is 0 Å². The molecule has 0 spiro atoms. The Labute approximate surface area is 87.1 Å². The van der Waals surface area contributed by atoms with Crippen molar-refractivity contribution in [1.82, 2.24) is 4.90 Å². The van der Waals surface area contributed by atoms with Gasteiger partial charge in [-0.3, -0.25) is 0 Å². The van der Waals surface area contributed by atoms with Gasteiger partial charge in [0.1, 0.15) is 0 Å². The highest BCUT2D eigenvalue weighted by molar-refractivity contribution is 5.48. The monoisotopic (exact) mass is 187 g/mol. The lowest BCUT2D eigenvalue weighted by Crippen LogP contribution is -2.06. The maximum atomic E-state index is 3.21. The van der Waals surface area contributed by atoms with Crippen molar-refractivity contribution in [3.63, 3.8) is 0 Å². The fourth-order valence-corrected chi connectivity index (χ4v) is 1.16. The molecule has 0 amide bonds. The third-order valence-electron chi connectivity index (χ3n) is 1.85. The standard InChI is InChI=1S/C13H17N/c1-14(2)12-8-4-7-11-13-9-5-3-6-10-13/h3,5-7,9-11H,4,8H2,1-2H3/b11-7+. The number of benzene rings is 1. The molecule has 0 aliphatic carbocycles. The largest absolute Gasteiger partial charge is 0.300 e. The highest BCUT2D eigenvalue weighted by Crippen LogP contribution is 2.04. The number of rotatable bonds is 5. The van der Waals surface area contributed by atoms with E-state index in [1.165, 1.54) is 5.56 Å². The average Bonchev–Trinajstić information content (AvgIpc) is 2.18. The zero-order chi connectivity index (χ0) is 10.2. The summed E-state index contributed by atoms with van der Waals surface area (Å²) in [4.78, 5) is 1.97. The van der Waals surface area contributed by atoms with E-state index in [4.69, 9.17) is 0 Å². The molecule has 0 bridgehead atoms. The summed E-state index contributed by atoms with van der Waals surface area (Å²) in [6, 6.07) is 10.4. The van der Waals surface area contributed by atoms with Crippen LogP contribution in [-0.4, -0.2) is 19.0 Å². The highest BCUT2D eigenvalue weighted by Gasteiger charge is 1.89. The lowest BCUT2D eigenvalue weighted by Gasteiger charge is -2.04. The van der Waals surface area contributed by atoms with E-state index in [9.17, 15) is 0 Å². The van der Waals surface area contributed by atoms with Gasteiger partial charge >= 0.3 is 0 Å². The Balaban J connectivity index is 2.21. The van der Waals surface area contributed by atoms with Crippen LogP contribution in [0.25, 0.3) is 6.08 Å². The van der Waals surface area contributed by atoms with Crippen LogP contribution >= 0.6 is 0 Å². The minimum absolute atomic E-state index is 0.982. The lowest BCUT2D eigenvalue weighted by molar-refractivity contribution is 0.478. The summed E-state index contributed by atoms with van der Waals surface area (Å²) in [5.74, 6) is 0. The van der Waals surface area contributed by atoms with E-state index in [0.717, 1.165) is 12.8 Å². The molecule has 0 saturated heterocycles. The molecule has 0 atom stereocenters. The van der Waals surface area contributed by atoms with Crippen LogP contribution in [0.3, 0.4) is 0 Å². The lowest BCUT2D eigenvalue weighted by atomic mass is 10.2. The summed E-state index contributed by atoms with van der Waals surface area (Å²) in [6.45, 7) is 3.21. The summed E-state index contributed by atoms with van der Waals surface area (Å²) < 4.78 is 0. The predicted molar refractivity (Wildman–Crippen MR) is 61.6 cm³/mol. The van der Waals surface area contributed by atoms with Crippen molar-refractivity contribution >= 4 is 6.08 Å². The molecular formula is C13H17N. The van der Waals surface area contributed by atoms with Crippen LogP contribution in [-0.2, 0) is 0 Å². The molecule has 74 valence electrons. The Hall–Kier alpha value is -1.08. The molecule has 0 aromatic heterocycles. The van der Waals surface area contributed by atoms with Gasteiger partial charge in [0, 0.05) is 0 Å². The maximum Gasteiger partial charge on any atom is 0.0613 e. The first-order valence-corrected chi connectivity index (χ1v) is 4.91. The van der Waals surface area contributed by atoms with Gasteiger partial charge in [-0.05, 0) is 32.5 Å². The van der Waals surface area contributed by atoms with Gasteiger partial charge in [0.15, 0.2) is 0 Å². The van der Waals surface area contributed by atoms with Gasteiger partial charge in [0.2, 0.25) is 0 Å². The number of unbranched alkanes of at least 4 members (excludes halogenated alkanes) is 1. The molecule has 0 saturated carbocycles. The number of hydrogen-bond donors (Lipinski definition) is 0. The molecular weight excluding hydrogens is 170 g/mol. The van der Waals surface area contributed by atoms with Gasteiger partial charge in [-0.1, -0.05) is 42.5 Å². The highest BCUT2D eigenvalue weighted by atomic mass is 15.0. The van der Waals surface area contributed by atoms with Crippen molar-refractivity contribution in [1.29, 1.82) is 0 Å². The third-order valence-corrected chi connectivity index (χ3v) is 1.85. The molecule has 14 heavy (non-hydrogen) atoms. The van der Waals surface area contributed by atoms with Gasteiger partial charge in [0.25, 0.3) is 0 Å². The average molecular weight is 187 g/mol. The van der Waals surface area contributed by atoms with Gasteiger partial charge in [-0.15, -0.1) is 0 Å². The minimum Gasteiger partial charge on any atom is -0.300 e. The first-order valence-electron chi connectivity index (χ1n) is 4.91. The normalized spacial score (nSPS) is 11.4. The molecule has 0 fully saturated rings. The third kappa shape index (κ3) is 4.83. The molecule has 1 heteroatoms. The zero-order valence-electron chi connectivity index (χ0n) is 8.90. The predicted octanol–water partition coefficient (Wildman–Crippen LogP) is 3.08. The van der Waals surface area contributed by atoms with Gasteiger partial charge in [-0.25, -0.2) is 0 Å². The van der Waals surface area contributed by atoms with Crippen LogP contribution in [0.2, 0.25) is 0 Å². The molecule has 0 N–H and O–H groups in total. The molecule has 1 aromatic rings. The van der Waals surface area contributed by atoms with E-state index in [1.54, 1.807) is 0 Å². The quantitative estimate of drug-likeness (QED) is 0.506. The summed E-state index contributed by atoms with van der Waals surface area (Å²) in [5.41, 5.74) is 1.26. The van der Waals surface area contributed by atoms with Crippen molar-refractivity contribution in [2.75, 3.05) is 14.1 Å². The molecule has 1 nitrogen and oxygen atoms in total. The van der Waals surface area contributed by atoms with Crippen LogP contribution in [0.5, 0.6) is 0 Å². The Morgan fingerprint density at radius 3 is 2.57 bits per heavy atom. The van der Waals surface area contributed by atoms with Crippen molar-refractivity contribution in [3.05, 3.63) is 48.5 Å². The Bertz CT molecular complexity index is 262. The molecule has 0 aliphatic heterocycles. The molecule has 2 radical (unpaired) electrons. The number of nitrogens with zero attached hydrogens (tertiary/aromatic N) is 1. The van der Waals surface area contributed by atoms with Crippen molar-refractivity contribution < 1.29 is 0 Å². The molecule has 0 unspecified atom stereocenters. The molecule has 0 aliphatic rings. The van der Waals surface area contributed by atoms with Crippen LogP contribution < -0.4 is 0 Å². The number of allylic oxidation sites excluding steroid dienone is 1. The second-order valence-electron chi connectivity index (χ2n) is 3.40. The minimum atomic E-state index is 0.982. The SMILES string of the molecule is CN(C)[C]CC/C=C/c1ccccc1. The van der Waals surface area contributed by atoms with E-state index in [0.29, 0.717) is 0 Å². The number of hydrogen-bond acceptors (Lipinski definition) is 1. The fourth-order valence-electron chi connectivity index (χ4n) is 1.16.